The van der Waals surface area contributed by atoms with E-state index in [-0.39, 0.29) is 11.9 Å². The summed E-state index contributed by atoms with van der Waals surface area (Å²) in [7, 11) is 0. The molecular formula is C12H14ClN3OS. The van der Waals surface area contributed by atoms with Crippen LogP contribution in [0.15, 0.2) is 18.2 Å². The molecule has 0 radical (unpaired) electrons. The van der Waals surface area contributed by atoms with Crippen molar-refractivity contribution in [2.45, 2.75) is 18.9 Å². The molecule has 1 amide bonds. The van der Waals surface area contributed by atoms with Gasteiger partial charge in [0.25, 0.3) is 0 Å². The Labute approximate surface area is 116 Å². The highest BCUT2D eigenvalue weighted by Crippen LogP contribution is 2.21. The highest BCUT2D eigenvalue weighted by molar-refractivity contribution is 7.80. The third kappa shape index (κ3) is 3.11. The van der Waals surface area contributed by atoms with E-state index in [2.05, 4.69) is 10.6 Å². The summed E-state index contributed by atoms with van der Waals surface area (Å²) < 4.78 is 0. The van der Waals surface area contributed by atoms with E-state index in [1.807, 2.05) is 6.07 Å². The molecule has 1 saturated heterocycles. The number of carbonyl (C=O) groups excluding carboxylic acids is 1. The molecule has 1 aromatic carbocycles. The molecule has 6 heteroatoms. The van der Waals surface area contributed by atoms with Crippen molar-refractivity contribution in [1.82, 2.24) is 5.32 Å². The molecule has 4 N–H and O–H groups in total. The largest absolute Gasteiger partial charge is 0.389 e. The van der Waals surface area contributed by atoms with Crippen molar-refractivity contribution in [1.29, 1.82) is 0 Å². The quantitative estimate of drug-likeness (QED) is 0.736. The van der Waals surface area contributed by atoms with Crippen molar-refractivity contribution >= 4 is 40.4 Å². The van der Waals surface area contributed by atoms with Gasteiger partial charge in [-0.25, -0.2) is 0 Å². The predicted molar refractivity (Wildman–Crippen MR) is 77.0 cm³/mol. The first kappa shape index (κ1) is 13.1. The van der Waals surface area contributed by atoms with E-state index in [4.69, 9.17) is 29.6 Å². The van der Waals surface area contributed by atoms with E-state index in [0.29, 0.717) is 23.0 Å². The molecule has 4 nitrogen and oxygen atoms in total. The summed E-state index contributed by atoms with van der Waals surface area (Å²) in [6, 6.07) is 5.51. The number of carbonyl (C=O) groups is 1. The van der Waals surface area contributed by atoms with Gasteiger partial charge in [-0.1, -0.05) is 23.8 Å². The average Bonchev–Trinajstić information content (AvgIpc) is 2.73. The number of nitrogens with one attached hydrogen (secondary N) is 2. The van der Waals surface area contributed by atoms with Gasteiger partial charge < -0.3 is 16.4 Å². The van der Waals surface area contributed by atoms with Crippen LogP contribution in [0, 0.1) is 0 Å². The van der Waals surface area contributed by atoms with Gasteiger partial charge in [0.05, 0.1) is 0 Å². The minimum atomic E-state index is 0.104. The van der Waals surface area contributed by atoms with Crippen molar-refractivity contribution < 1.29 is 4.79 Å². The maximum atomic E-state index is 11.1. The fourth-order valence-electron chi connectivity index (χ4n) is 1.94. The summed E-state index contributed by atoms with van der Waals surface area (Å²) in [5.41, 5.74) is 7.22. The Hall–Kier alpha value is -1.33. The lowest BCUT2D eigenvalue weighted by Gasteiger charge is -2.15. The Morgan fingerprint density at radius 1 is 1.61 bits per heavy atom. The van der Waals surface area contributed by atoms with Gasteiger partial charge in [-0.15, -0.1) is 0 Å². The van der Waals surface area contributed by atoms with Crippen LogP contribution in [-0.2, 0) is 4.79 Å². The van der Waals surface area contributed by atoms with E-state index in [9.17, 15) is 4.79 Å². The molecule has 1 aromatic rings. The molecule has 1 aliphatic rings. The Morgan fingerprint density at radius 2 is 2.39 bits per heavy atom. The first-order valence-electron chi connectivity index (χ1n) is 5.69. The van der Waals surface area contributed by atoms with Crippen LogP contribution in [0.1, 0.15) is 18.4 Å². The first-order chi connectivity index (χ1) is 8.56. The summed E-state index contributed by atoms with van der Waals surface area (Å²) in [4.78, 5) is 11.4. The van der Waals surface area contributed by atoms with E-state index in [0.717, 1.165) is 17.7 Å². The molecule has 96 valence electrons. The molecule has 1 heterocycles. The van der Waals surface area contributed by atoms with Crippen LogP contribution in [0.25, 0.3) is 0 Å². The molecule has 0 spiro atoms. The van der Waals surface area contributed by atoms with Crippen molar-refractivity contribution in [3.8, 4) is 0 Å². The Morgan fingerprint density at radius 3 is 3.00 bits per heavy atom. The van der Waals surface area contributed by atoms with Gasteiger partial charge >= 0.3 is 0 Å². The lowest BCUT2D eigenvalue weighted by Crippen LogP contribution is -2.32. The lowest BCUT2D eigenvalue weighted by molar-refractivity contribution is -0.119. The third-order valence-corrected chi connectivity index (χ3v) is 3.33. The fourth-order valence-corrected chi connectivity index (χ4v) is 2.28. The zero-order chi connectivity index (χ0) is 13.1. The van der Waals surface area contributed by atoms with Crippen LogP contribution in [0.5, 0.6) is 0 Å². The standard InChI is InChI=1S/C12H14ClN3OS/c13-7-1-3-10(9(5-7)12(14)18)15-6-8-2-4-11(17)16-8/h1,3,5,8,15H,2,4,6H2,(H2,14,18)(H,16,17). The molecule has 1 fully saturated rings. The Kier molecular flexibility index (Phi) is 4.04. The smallest absolute Gasteiger partial charge is 0.220 e. The molecule has 1 atom stereocenters. The number of hydrogen-bond donors (Lipinski definition) is 3. The molecule has 1 unspecified atom stereocenters. The zero-order valence-electron chi connectivity index (χ0n) is 9.70. The summed E-state index contributed by atoms with van der Waals surface area (Å²) in [5, 5.41) is 6.73. The average molecular weight is 284 g/mol. The number of nitrogens with two attached hydrogens (primary N) is 1. The SMILES string of the molecule is NC(=S)c1cc(Cl)ccc1NCC1CCC(=O)N1. The van der Waals surface area contributed by atoms with E-state index < -0.39 is 0 Å². The van der Waals surface area contributed by atoms with Crippen molar-refractivity contribution in [3.63, 3.8) is 0 Å². The second-order valence-corrected chi connectivity index (χ2v) is 5.11. The number of halogens is 1. The number of amides is 1. The molecule has 0 saturated carbocycles. The summed E-state index contributed by atoms with van der Waals surface area (Å²) in [6.45, 7) is 0.656. The Bertz CT molecular complexity index is 492. The topological polar surface area (TPSA) is 67.1 Å². The van der Waals surface area contributed by atoms with Gasteiger partial charge in [0.1, 0.15) is 4.99 Å². The fraction of sp³-hybridized carbons (Fsp3) is 0.333. The van der Waals surface area contributed by atoms with Crippen LogP contribution < -0.4 is 16.4 Å². The Balaban J connectivity index is 2.04. The maximum absolute atomic E-state index is 11.1. The van der Waals surface area contributed by atoms with Gasteiger partial charge in [0.15, 0.2) is 0 Å². The van der Waals surface area contributed by atoms with Crippen LogP contribution in [0.3, 0.4) is 0 Å². The van der Waals surface area contributed by atoms with Crippen molar-refractivity contribution in [2.75, 3.05) is 11.9 Å². The van der Waals surface area contributed by atoms with Crippen LogP contribution in [-0.4, -0.2) is 23.5 Å². The van der Waals surface area contributed by atoms with E-state index >= 15 is 0 Å². The maximum Gasteiger partial charge on any atom is 0.220 e. The first-order valence-corrected chi connectivity index (χ1v) is 6.47. The second-order valence-electron chi connectivity index (χ2n) is 4.24. The molecule has 2 rings (SSSR count). The highest BCUT2D eigenvalue weighted by Gasteiger charge is 2.20. The minimum absolute atomic E-state index is 0.104. The molecule has 0 aromatic heterocycles. The number of hydrogen-bond acceptors (Lipinski definition) is 3. The summed E-state index contributed by atoms with van der Waals surface area (Å²) in [6.07, 6.45) is 1.44. The van der Waals surface area contributed by atoms with E-state index in [1.54, 1.807) is 12.1 Å². The van der Waals surface area contributed by atoms with Crippen molar-refractivity contribution in [3.05, 3.63) is 28.8 Å². The molecule has 0 aliphatic carbocycles. The number of thiocarbonyl (C=S) groups is 1. The van der Waals surface area contributed by atoms with Gasteiger partial charge in [-0.3, -0.25) is 4.79 Å². The summed E-state index contributed by atoms with van der Waals surface area (Å²) in [5.74, 6) is 0.104. The molecule has 1 aliphatic heterocycles. The molecule has 0 bridgehead atoms. The number of benzene rings is 1. The van der Waals surface area contributed by atoms with Gasteiger partial charge in [-0.05, 0) is 24.6 Å². The molecule has 18 heavy (non-hydrogen) atoms. The predicted octanol–water partition coefficient (Wildman–Crippen LogP) is 1.66. The van der Waals surface area contributed by atoms with Crippen LogP contribution >= 0.6 is 23.8 Å². The van der Waals surface area contributed by atoms with Gasteiger partial charge in [0.2, 0.25) is 5.91 Å². The number of rotatable bonds is 4. The highest BCUT2D eigenvalue weighted by atomic mass is 35.5. The monoisotopic (exact) mass is 283 g/mol. The van der Waals surface area contributed by atoms with Gasteiger partial charge in [0, 0.05) is 35.3 Å². The van der Waals surface area contributed by atoms with Crippen LogP contribution in [0.2, 0.25) is 5.02 Å². The van der Waals surface area contributed by atoms with E-state index in [1.165, 1.54) is 0 Å². The van der Waals surface area contributed by atoms with Crippen molar-refractivity contribution in [2.24, 2.45) is 5.73 Å². The molecular weight excluding hydrogens is 270 g/mol. The van der Waals surface area contributed by atoms with Gasteiger partial charge in [-0.2, -0.15) is 0 Å². The normalized spacial score (nSPS) is 18.5. The third-order valence-electron chi connectivity index (χ3n) is 2.87. The second kappa shape index (κ2) is 5.54. The van der Waals surface area contributed by atoms with Crippen LogP contribution in [0.4, 0.5) is 5.69 Å². The minimum Gasteiger partial charge on any atom is -0.389 e. The summed E-state index contributed by atoms with van der Waals surface area (Å²) >= 11 is 10.9. The zero-order valence-corrected chi connectivity index (χ0v) is 11.3. The number of anilines is 1. The lowest BCUT2D eigenvalue weighted by atomic mass is 10.1.